The van der Waals surface area contributed by atoms with Crippen molar-refractivity contribution in [1.29, 1.82) is 0 Å². The summed E-state index contributed by atoms with van der Waals surface area (Å²) >= 11 is 0. The summed E-state index contributed by atoms with van der Waals surface area (Å²) < 4.78 is 0. The van der Waals surface area contributed by atoms with Gasteiger partial charge in [-0.05, 0) is 29.0 Å². The van der Waals surface area contributed by atoms with Gasteiger partial charge in [-0.3, -0.25) is 0 Å². The minimum atomic E-state index is 0. The Kier molecular flexibility index (Phi) is 5.34. The van der Waals surface area contributed by atoms with Crippen molar-refractivity contribution in [1.82, 2.24) is 0 Å². The van der Waals surface area contributed by atoms with E-state index in [2.05, 4.69) is 33.8 Å². The predicted octanol–water partition coefficient (Wildman–Crippen LogP) is 0.756. The van der Waals surface area contributed by atoms with Crippen molar-refractivity contribution < 1.29 is 25.4 Å². The molecule has 1 nitrogen and oxygen atoms in total. The molecule has 0 atom stereocenters. The van der Waals surface area contributed by atoms with Crippen LogP contribution >= 0.6 is 0 Å². The third-order valence-corrected chi connectivity index (χ3v) is 2.32. The molecule has 0 radical (unpaired) electrons. The van der Waals surface area contributed by atoms with Crippen molar-refractivity contribution in [3.63, 3.8) is 0 Å². The third-order valence-electron chi connectivity index (χ3n) is 2.32. The monoisotopic (exact) mass is 186 g/mol. The molecule has 14 heavy (non-hydrogen) atoms. The molecule has 0 spiro atoms. The van der Waals surface area contributed by atoms with Crippen LogP contribution in [0.15, 0.2) is 18.2 Å². The molecule has 0 amide bonds. The van der Waals surface area contributed by atoms with Gasteiger partial charge in [0.1, 0.15) is 5.75 Å². The van der Waals surface area contributed by atoms with Gasteiger partial charge in [0.05, 0.1) is 0 Å². The first-order valence-corrected chi connectivity index (χ1v) is 4.85. The summed E-state index contributed by atoms with van der Waals surface area (Å²) in [5.41, 5.74) is 2.35. The van der Waals surface area contributed by atoms with E-state index in [0.717, 1.165) is 5.56 Å². The van der Waals surface area contributed by atoms with Gasteiger partial charge in [-0.1, -0.05) is 39.8 Å². The van der Waals surface area contributed by atoms with Gasteiger partial charge < -0.3 is 6.53 Å². The molecule has 0 aromatic heterocycles. The Morgan fingerprint density at radius 1 is 1.07 bits per heavy atom. The number of hydrogen-bond acceptors (Lipinski definition) is 1. The Bertz CT molecular complexity index is 298. The van der Waals surface area contributed by atoms with E-state index < -0.39 is 0 Å². The third kappa shape index (κ3) is 2.80. The molecule has 1 aromatic rings. The molecule has 0 heterocycles. The molecule has 0 aliphatic carbocycles. The maximum absolute atomic E-state index is 9.71. The molecular formula is C12H19LiO. The van der Waals surface area contributed by atoms with Crippen molar-refractivity contribution in [2.75, 3.05) is 0 Å². The maximum Gasteiger partial charge on any atom is 1.00 e. The van der Waals surface area contributed by atoms with Crippen LogP contribution in [0.4, 0.5) is 0 Å². The Morgan fingerprint density at radius 2 is 1.64 bits per heavy atom. The Morgan fingerprint density at radius 3 is 2.00 bits per heavy atom. The molecule has 1 rings (SSSR count). The zero-order valence-electron chi connectivity index (χ0n) is 10.8. The van der Waals surface area contributed by atoms with E-state index in [9.17, 15) is 5.11 Å². The number of phenolic OH excluding ortho intramolecular Hbond substituents is 1. The fourth-order valence-corrected chi connectivity index (χ4v) is 1.70. The molecule has 1 aromatic carbocycles. The first-order valence-electron chi connectivity index (χ1n) is 4.85. The van der Waals surface area contributed by atoms with Gasteiger partial charge in [0.25, 0.3) is 0 Å². The standard InChI is InChI=1S/C12H18O.Li.H/c1-8(2)10-6-5-7-11(13)12(10)9(3)4;;/h5-9,13H,1-4H3;;/q;+1;-1. The van der Waals surface area contributed by atoms with E-state index in [-0.39, 0.29) is 20.3 Å². The van der Waals surface area contributed by atoms with E-state index >= 15 is 0 Å². The second-order valence-corrected chi connectivity index (χ2v) is 4.09. The Balaban J connectivity index is 0. The average Bonchev–Trinajstić information content (AvgIpc) is 2.02. The maximum atomic E-state index is 9.71. The number of aromatic hydroxyl groups is 1. The van der Waals surface area contributed by atoms with Crippen LogP contribution in [0.5, 0.6) is 5.75 Å². The molecule has 0 fully saturated rings. The van der Waals surface area contributed by atoms with E-state index in [1.165, 1.54) is 5.56 Å². The molecule has 0 unspecified atom stereocenters. The molecule has 0 aliphatic heterocycles. The van der Waals surface area contributed by atoms with Crippen LogP contribution in [-0.2, 0) is 0 Å². The summed E-state index contributed by atoms with van der Waals surface area (Å²) in [6, 6.07) is 5.78. The van der Waals surface area contributed by atoms with Gasteiger partial charge in [0.15, 0.2) is 0 Å². The van der Waals surface area contributed by atoms with Crippen LogP contribution in [-0.4, -0.2) is 5.11 Å². The van der Waals surface area contributed by atoms with Gasteiger partial charge in [0, 0.05) is 0 Å². The van der Waals surface area contributed by atoms with Crippen molar-refractivity contribution in [3.05, 3.63) is 29.3 Å². The van der Waals surface area contributed by atoms with Crippen molar-refractivity contribution in [2.24, 2.45) is 0 Å². The first kappa shape index (κ1) is 13.6. The quantitative estimate of drug-likeness (QED) is 0.676. The average molecular weight is 186 g/mol. The summed E-state index contributed by atoms with van der Waals surface area (Å²) in [7, 11) is 0. The number of hydrogen-bond donors (Lipinski definition) is 1. The first-order chi connectivity index (χ1) is 6.04. The van der Waals surface area contributed by atoms with Crippen LogP contribution in [0.2, 0.25) is 0 Å². The van der Waals surface area contributed by atoms with Crippen LogP contribution in [0.25, 0.3) is 0 Å². The topological polar surface area (TPSA) is 20.2 Å². The van der Waals surface area contributed by atoms with Crippen LogP contribution in [0.3, 0.4) is 0 Å². The van der Waals surface area contributed by atoms with Gasteiger partial charge in [-0.25, -0.2) is 0 Å². The van der Waals surface area contributed by atoms with Gasteiger partial charge in [-0.15, -0.1) is 0 Å². The van der Waals surface area contributed by atoms with Gasteiger partial charge >= 0.3 is 18.9 Å². The predicted molar refractivity (Wildman–Crippen MR) is 57.4 cm³/mol. The zero-order chi connectivity index (χ0) is 10.0. The summed E-state index contributed by atoms with van der Waals surface area (Å²) in [5, 5.41) is 9.71. The summed E-state index contributed by atoms with van der Waals surface area (Å²) in [6.07, 6.45) is 0. The Hall–Kier alpha value is -0.383. The minimum Gasteiger partial charge on any atom is -1.00 e. The fraction of sp³-hybridized carbons (Fsp3) is 0.500. The number of benzene rings is 1. The SMILES string of the molecule is CC(C)c1cccc(O)c1C(C)C.[H-].[Li+]. The zero-order valence-corrected chi connectivity index (χ0v) is 9.83. The van der Waals surface area contributed by atoms with Crippen LogP contribution in [0, 0.1) is 0 Å². The van der Waals surface area contributed by atoms with Crippen molar-refractivity contribution in [3.8, 4) is 5.75 Å². The van der Waals surface area contributed by atoms with E-state index in [1.54, 1.807) is 6.07 Å². The molecule has 0 saturated carbocycles. The Labute approximate surface area is 100 Å². The smallest absolute Gasteiger partial charge is 1.00 e. The molecular weight excluding hydrogens is 167 g/mol. The van der Waals surface area contributed by atoms with E-state index in [1.807, 2.05) is 6.07 Å². The summed E-state index contributed by atoms with van der Waals surface area (Å²) in [4.78, 5) is 0. The fourth-order valence-electron chi connectivity index (χ4n) is 1.70. The van der Waals surface area contributed by atoms with Crippen LogP contribution < -0.4 is 18.9 Å². The molecule has 74 valence electrons. The second-order valence-electron chi connectivity index (χ2n) is 4.09. The van der Waals surface area contributed by atoms with Gasteiger partial charge in [-0.2, -0.15) is 0 Å². The molecule has 1 N–H and O–H groups in total. The normalized spacial score (nSPS) is 10.4. The minimum absolute atomic E-state index is 0. The van der Waals surface area contributed by atoms with Gasteiger partial charge in [0.2, 0.25) is 0 Å². The molecule has 2 heteroatoms. The molecule has 0 bridgehead atoms. The number of rotatable bonds is 2. The summed E-state index contributed by atoms with van der Waals surface area (Å²) in [5.74, 6) is 1.30. The number of phenols is 1. The molecule has 0 aliphatic rings. The van der Waals surface area contributed by atoms with Crippen molar-refractivity contribution in [2.45, 2.75) is 39.5 Å². The second kappa shape index (κ2) is 5.49. The van der Waals surface area contributed by atoms with Crippen LogP contribution in [0.1, 0.15) is 52.1 Å². The largest absolute Gasteiger partial charge is 1.00 e. The van der Waals surface area contributed by atoms with Crippen molar-refractivity contribution >= 4 is 0 Å². The van der Waals surface area contributed by atoms with E-state index in [4.69, 9.17) is 0 Å². The van der Waals surface area contributed by atoms with E-state index in [0.29, 0.717) is 17.6 Å². The molecule has 0 saturated heterocycles. The summed E-state index contributed by atoms with van der Waals surface area (Å²) in [6.45, 7) is 8.53.